The largest absolute Gasteiger partial charge is 0.584 e. The fourth-order valence-corrected chi connectivity index (χ4v) is 3.48. The number of ketones is 1. The summed E-state index contributed by atoms with van der Waals surface area (Å²) in [5, 5.41) is 19.1. The number of phenolic OH excluding ortho intramolecular Hbond substituents is 2. The van der Waals surface area contributed by atoms with Gasteiger partial charge in [0.15, 0.2) is 5.78 Å². The average molecular weight is 414 g/mol. The van der Waals surface area contributed by atoms with Gasteiger partial charge in [0.1, 0.15) is 23.0 Å². The Bertz CT molecular complexity index is 1050. The van der Waals surface area contributed by atoms with Gasteiger partial charge in [-0.1, -0.05) is 30.3 Å². The minimum Gasteiger partial charge on any atom is -0.508 e. The van der Waals surface area contributed by atoms with Crippen molar-refractivity contribution in [3.05, 3.63) is 83.9 Å². The number of phenols is 2. The number of para-hydroxylation sites is 1. The van der Waals surface area contributed by atoms with E-state index in [1.54, 1.807) is 36.4 Å². The predicted octanol–water partition coefficient (Wildman–Crippen LogP) is 4.47. The smallest absolute Gasteiger partial charge is 0.508 e. The summed E-state index contributed by atoms with van der Waals surface area (Å²) in [6.45, 7) is 0. The number of Topliss-reactive ketones (excluding diaryl/α,β-unsaturated/α-hetero) is 1. The summed E-state index contributed by atoms with van der Waals surface area (Å²) >= 11 is 0. The van der Waals surface area contributed by atoms with Crippen molar-refractivity contribution in [1.82, 2.24) is 0 Å². The molecule has 0 fully saturated rings. The molecule has 0 aliphatic rings. The normalized spacial score (nSPS) is 12.7. The summed E-state index contributed by atoms with van der Waals surface area (Å²) in [5.74, 6) is -0.381. The molecule has 0 radical (unpaired) electrons. The van der Waals surface area contributed by atoms with Crippen LogP contribution in [0.15, 0.2) is 72.8 Å². The van der Waals surface area contributed by atoms with E-state index in [-0.39, 0.29) is 40.8 Å². The van der Waals surface area contributed by atoms with Gasteiger partial charge >= 0.3 is 7.82 Å². The Morgan fingerprint density at radius 2 is 1.55 bits per heavy atom. The number of hydrogen-bond donors (Lipinski definition) is 3. The quantitative estimate of drug-likeness (QED) is 0.368. The molecule has 1 unspecified atom stereocenters. The Hall–Kier alpha value is -3.28. The average Bonchev–Trinajstić information content (AvgIpc) is 2.66. The van der Waals surface area contributed by atoms with Crippen LogP contribution in [0.1, 0.15) is 22.3 Å². The molecule has 3 N–H and O–H groups in total. The van der Waals surface area contributed by atoms with Crippen LogP contribution in [-0.4, -0.2) is 20.9 Å². The van der Waals surface area contributed by atoms with Gasteiger partial charge in [0, 0.05) is 12.5 Å². The van der Waals surface area contributed by atoms with E-state index < -0.39 is 7.82 Å². The Morgan fingerprint density at radius 3 is 2.28 bits per heavy atom. The molecule has 0 heterocycles. The third kappa shape index (κ3) is 5.85. The SMILES string of the molecule is O=C(CCc1cccc(OP(=O)(O)Oc2ccccc2)c1)c1ccc(O)cc1O. The molecule has 3 aromatic carbocycles. The predicted molar refractivity (Wildman–Crippen MR) is 106 cm³/mol. The fraction of sp³-hybridized carbons (Fsp3) is 0.0952. The molecular formula is C21H19O7P. The lowest BCUT2D eigenvalue weighted by Gasteiger charge is -2.14. The number of aryl methyl sites for hydroxylation is 1. The van der Waals surface area contributed by atoms with Crippen LogP contribution < -0.4 is 9.05 Å². The van der Waals surface area contributed by atoms with Gasteiger partial charge in [-0.05, 0) is 48.4 Å². The van der Waals surface area contributed by atoms with Crippen LogP contribution in [0.5, 0.6) is 23.0 Å². The molecule has 8 heteroatoms. The summed E-state index contributed by atoms with van der Waals surface area (Å²) in [7, 11) is -4.38. The Labute approximate surface area is 167 Å². The second-order valence-electron chi connectivity index (χ2n) is 6.24. The Balaban J connectivity index is 1.63. The van der Waals surface area contributed by atoms with Crippen LogP contribution in [0.4, 0.5) is 0 Å². The van der Waals surface area contributed by atoms with Gasteiger partial charge in [-0.15, -0.1) is 0 Å². The third-order valence-corrected chi connectivity index (χ3v) is 4.89. The van der Waals surface area contributed by atoms with Gasteiger partial charge in [0.05, 0.1) is 5.56 Å². The van der Waals surface area contributed by atoms with E-state index in [1.807, 2.05) is 0 Å². The van der Waals surface area contributed by atoms with Crippen LogP contribution in [0.3, 0.4) is 0 Å². The molecule has 0 saturated carbocycles. The van der Waals surface area contributed by atoms with Crippen LogP contribution in [0, 0.1) is 0 Å². The van der Waals surface area contributed by atoms with E-state index in [1.165, 1.54) is 30.3 Å². The maximum atomic E-state index is 12.3. The zero-order valence-electron chi connectivity index (χ0n) is 15.3. The Kier molecular flexibility index (Phi) is 6.22. The molecule has 3 rings (SSSR count). The first-order valence-electron chi connectivity index (χ1n) is 8.73. The third-order valence-electron chi connectivity index (χ3n) is 4.01. The molecule has 29 heavy (non-hydrogen) atoms. The van der Waals surface area contributed by atoms with E-state index >= 15 is 0 Å². The van der Waals surface area contributed by atoms with Crippen LogP contribution in [0.2, 0.25) is 0 Å². The summed E-state index contributed by atoms with van der Waals surface area (Å²) in [4.78, 5) is 22.2. The van der Waals surface area contributed by atoms with Crippen LogP contribution in [0.25, 0.3) is 0 Å². The van der Waals surface area contributed by atoms with Gasteiger partial charge in [-0.25, -0.2) is 4.57 Å². The van der Waals surface area contributed by atoms with Gasteiger partial charge in [-0.2, -0.15) is 0 Å². The summed E-state index contributed by atoms with van der Waals surface area (Å²) < 4.78 is 22.3. The number of carbonyl (C=O) groups is 1. The highest BCUT2D eigenvalue weighted by Gasteiger charge is 2.25. The lowest BCUT2D eigenvalue weighted by atomic mass is 10.0. The molecule has 3 aromatic rings. The van der Waals surface area contributed by atoms with E-state index in [9.17, 15) is 24.5 Å². The molecule has 0 saturated heterocycles. The summed E-state index contributed by atoms with van der Waals surface area (Å²) in [6, 6.07) is 18.4. The topological polar surface area (TPSA) is 113 Å². The summed E-state index contributed by atoms with van der Waals surface area (Å²) in [5.41, 5.74) is 0.820. The highest BCUT2D eigenvalue weighted by atomic mass is 31.2. The second-order valence-corrected chi connectivity index (χ2v) is 7.54. The van der Waals surface area contributed by atoms with Crippen molar-refractivity contribution in [2.45, 2.75) is 12.8 Å². The zero-order valence-corrected chi connectivity index (χ0v) is 16.2. The van der Waals surface area contributed by atoms with Gasteiger partial charge in [0.2, 0.25) is 0 Å². The lowest BCUT2D eigenvalue weighted by molar-refractivity contribution is 0.0980. The van der Waals surface area contributed by atoms with Crippen molar-refractivity contribution in [3.8, 4) is 23.0 Å². The number of phosphoric ester groups is 1. The zero-order chi connectivity index (χ0) is 20.9. The first kappa shape index (κ1) is 20.5. The van der Waals surface area contributed by atoms with Crippen molar-refractivity contribution in [3.63, 3.8) is 0 Å². The molecule has 0 aliphatic heterocycles. The van der Waals surface area contributed by atoms with Crippen molar-refractivity contribution in [2.75, 3.05) is 0 Å². The van der Waals surface area contributed by atoms with E-state index in [0.29, 0.717) is 12.0 Å². The maximum absolute atomic E-state index is 12.3. The molecule has 0 amide bonds. The monoisotopic (exact) mass is 414 g/mol. The molecule has 0 aromatic heterocycles. The van der Waals surface area contributed by atoms with Gasteiger partial charge in [-0.3, -0.25) is 9.69 Å². The number of carbonyl (C=O) groups excluding carboxylic acids is 1. The molecule has 150 valence electrons. The van der Waals surface area contributed by atoms with Crippen molar-refractivity contribution < 1.29 is 33.5 Å². The highest BCUT2D eigenvalue weighted by Crippen LogP contribution is 2.44. The number of benzene rings is 3. The van der Waals surface area contributed by atoms with Crippen molar-refractivity contribution >= 4 is 13.6 Å². The molecule has 0 aliphatic carbocycles. The van der Waals surface area contributed by atoms with Crippen LogP contribution >= 0.6 is 7.82 Å². The minimum absolute atomic E-state index is 0.0963. The van der Waals surface area contributed by atoms with Crippen molar-refractivity contribution in [2.24, 2.45) is 0 Å². The number of aromatic hydroxyl groups is 2. The standard InChI is InChI=1S/C21H19O7P/c22-16-10-11-19(21(24)14-16)20(23)12-9-15-5-4-8-18(13-15)28-29(25,26)27-17-6-2-1-3-7-17/h1-8,10-11,13-14,22,24H,9,12H2,(H,25,26). The lowest BCUT2D eigenvalue weighted by Crippen LogP contribution is -2.02. The molecule has 7 nitrogen and oxygen atoms in total. The van der Waals surface area contributed by atoms with Crippen LogP contribution in [-0.2, 0) is 11.0 Å². The number of phosphoric acid groups is 1. The Morgan fingerprint density at radius 1 is 0.862 bits per heavy atom. The first-order valence-corrected chi connectivity index (χ1v) is 10.2. The number of rotatable bonds is 8. The van der Waals surface area contributed by atoms with Gasteiger partial charge < -0.3 is 19.3 Å². The highest BCUT2D eigenvalue weighted by molar-refractivity contribution is 7.48. The van der Waals surface area contributed by atoms with Gasteiger partial charge in [0.25, 0.3) is 0 Å². The number of hydrogen-bond acceptors (Lipinski definition) is 6. The van der Waals surface area contributed by atoms with E-state index in [4.69, 9.17) is 9.05 Å². The molecule has 0 bridgehead atoms. The first-order chi connectivity index (χ1) is 13.8. The molecular weight excluding hydrogens is 395 g/mol. The second kappa shape index (κ2) is 8.82. The van der Waals surface area contributed by atoms with Crippen molar-refractivity contribution in [1.29, 1.82) is 0 Å². The van der Waals surface area contributed by atoms with E-state index in [2.05, 4.69) is 0 Å². The maximum Gasteiger partial charge on any atom is 0.584 e. The summed E-state index contributed by atoms with van der Waals surface area (Å²) in [6.07, 6.45) is 0.421. The van der Waals surface area contributed by atoms with E-state index in [0.717, 1.165) is 6.07 Å². The minimum atomic E-state index is -4.38. The molecule has 0 spiro atoms. The molecule has 1 atom stereocenters. The fourth-order valence-electron chi connectivity index (χ4n) is 2.67.